The molecule has 0 atom stereocenters. The zero-order valence-corrected chi connectivity index (χ0v) is 10.3. The van der Waals surface area contributed by atoms with Crippen molar-refractivity contribution in [3.63, 3.8) is 0 Å². The molecule has 16 heavy (non-hydrogen) atoms. The molecule has 0 unspecified atom stereocenters. The molecule has 0 amide bonds. The third-order valence-electron chi connectivity index (χ3n) is 2.20. The summed E-state index contributed by atoms with van der Waals surface area (Å²) in [5.41, 5.74) is 1.50. The van der Waals surface area contributed by atoms with Gasteiger partial charge in [-0.2, -0.15) is 0 Å². The van der Waals surface area contributed by atoms with Crippen LogP contribution in [0.4, 0.5) is 0 Å². The first-order chi connectivity index (χ1) is 7.69. The second kappa shape index (κ2) is 6.33. The third-order valence-corrected chi connectivity index (χ3v) is 2.55. The lowest BCUT2D eigenvalue weighted by Gasteiger charge is -2.04. The zero-order valence-electron chi connectivity index (χ0n) is 9.50. The van der Waals surface area contributed by atoms with E-state index in [-0.39, 0.29) is 5.97 Å². The highest BCUT2D eigenvalue weighted by Gasteiger charge is 2.09. The minimum Gasteiger partial charge on any atom is -0.466 e. The first-order valence-electron chi connectivity index (χ1n) is 5.22. The molecule has 2 nitrogen and oxygen atoms in total. The van der Waals surface area contributed by atoms with Crippen molar-refractivity contribution in [1.82, 2.24) is 0 Å². The maximum atomic E-state index is 11.5. The standard InChI is InChI=1S/C13H15ClO2/c1-3-6-11(13(15)16-2)9-10-7-4-5-8-12(10)14/h4-5,7-9H,3,6H2,1-2H3/b11-9+. The van der Waals surface area contributed by atoms with Gasteiger partial charge in [0.1, 0.15) is 0 Å². The van der Waals surface area contributed by atoms with Crippen molar-refractivity contribution in [1.29, 1.82) is 0 Å². The second-order valence-corrected chi connectivity index (χ2v) is 3.84. The maximum Gasteiger partial charge on any atom is 0.333 e. The fraction of sp³-hybridized carbons (Fsp3) is 0.308. The van der Waals surface area contributed by atoms with Gasteiger partial charge >= 0.3 is 5.97 Å². The summed E-state index contributed by atoms with van der Waals surface area (Å²) in [6.45, 7) is 2.02. The molecule has 0 aliphatic carbocycles. The van der Waals surface area contributed by atoms with Crippen molar-refractivity contribution in [2.24, 2.45) is 0 Å². The Morgan fingerprint density at radius 2 is 2.12 bits per heavy atom. The van der Waals surface area contributed by atoms with Crippen LogP contribution in [0.2, 0.25) is 5.02 Å². The Morgan fingerprint density at radius 3 is 2.69 bits per heavy atom. The lowest BCUT2D eigenvalue weighted by Crippen LogP contribution is -2.04. The number of carbonyl (C=O) groups is 1. The highest BCUT2D eigenvalue weighted by molar-refractivity contribution is 6.32. The van der Waals surface area contributed by atoms with E-state index in [1.165, 1.54) is 7.11 Å². The summed E-state index contributed by atoms with van der Waals surface area (Å²) in [5.74, 6) is -0.290. The number of rotatable bonds is 4. The minimum atomic E-state index is -0.290. The van der Waals surface area contributed by atoms with Gasteiger partial charge in [0.2, 0.25) is 0 Å². The van der Waals surface area contributed by atoms with Gasteiger partial charge in [0.25, 0.3) is 0 Å². The van der Waals surface area contributed by atoms with Crippen LogP contribution in [-0.4, -0.2) is 13.1 Å². The van der Waals surface area contributed by atoms with Crippen molar-refractivity contribution in [2.45, 2.75) is 19.8 Å². The number of carbonyl (C=O) groups excluding carboxylic acids is 1. The molecule has 0 N–H and O–H groups in total. The molecule has 0 aromatic heterocycles. The number of halogens is 1. The zero-order chi connectivity index (χ0) is 12.0. The van der Waals surface area contributed by atoms with Crippen molar-refractivity contribution < 1.29 is 9.53 Å². The van der Waals surface area contributed by atoms with E-state index in [0.717, 1.165) is 12.0 Å². The Hall–Kier alpha value is -1.28. The average molecular weight is 239 g/mol. The molecular formula is C13H15ClO2. The van der Waals surface area contributed by atoms with Crippen LogP contribution in [0.1, 0.15) is 25.3 Å². The summed E-state index contributed by atoms with van der Waals surface area (Å²) < 4.78 is 4.73. The molecule has 3 heteroatoms. The smallest absolute Gasteiger partial charge is 0.333 e. The summed E-state index contributed by atoms with van der Waals surface area (Å²) in [6, 6.07) is 7.42. The minimum absolute atomic E-state index is 0.290. The van der Waals surface area contributed by atoms with E-state index in [1.807, 2.05) is 25.1 Å². The molecule has 1 rings (SSSR count). The number of esters is 1. The van der Waals surface area contributed by atoms with E-state index in [1.54, 1.807) is 12.1 Å². The van der Waals surface area contributed by atoms with Crippen molar-refractivity contribution >= 4 is 23.6 Å². The average Bonchev–Trinajstić information content (AvgIpc) is 2.30. The molecule has 0 radical (unpaired) electrons. The highest BCUT2D eigenvalue weighted by Crippen LogP contribution is 2.20. The predicted molar refractivity (Wildman–Crippen MR) is 66.4 cm³/mol. The summed E-state index contributed by atoms with van der Waals surface area (Å²) in [5, 5.41) is 0.639. The number of ether oxygens (including phenoxy) is 1. The van der Waals surface area contributed by atoms with Crippen LogP contribution in [0.5, 0.6) is 0 Å². The van der Waals surface area contributed by atoms with Crippen LogP contribution in [0.15, 0.2) is 29.8 Å². The van der Waals surface area contributed by atoms with Gasteiger partial charge in [0, 0.05) is 10.6 Å². The lowest BCUT2D eigenvalue weighted by atomic mass is 10.1. The molecular weight excluding hydrogens is 224 g/mol. The number of hydrogen-bond acceptors (Lipinski definition) is 2. The van der Waals surface area contributed by atoms with Crippen LogP contribution in [0, 0.1) is 0 Å². The van der Waals surface area contributed by atoms with E-state index in [0.29, 0.717) is 17.0 Å². The fourth-order valence-electron chi connectivity index (χ4n) is 1.41. The second-order valence-electron chi connectivity index (χ2n) is 3.43. The molecule has 0 saturated heterocycles. The van der Waals surface area contributed by atoms with E-state index in [4.69, 9.17) is 16.3 Å². The van der Waals surface area contributed by atoms with Crippen molar-refractivity contribution in [3.8, 4) is 0 Å². The lowest BCUT2D eigenvalue weighted by molar-refractivity contribution is -0.136. The van der Waals surface area contributed by atoms with Crippen LogP contribution >= 0.6 is 11.6 Å². The topological polar surface area (TPSA) is 26.3 Å². The normalized spacial score (nSPS) is 11.3. The van der Waals surface area contributed by atoms with Crippen LogP contribution in [0.25, 0.3) is 6.08 Å². The Morgan fingerprint density at radius 1 is 1.44 bits per heavy atom. The molecule has 1 aromatic rings. The fourth-order valence-corrected chi connectivity index (χ4v) is 1.60. The summed E-state index contributed by atoms with van der Waals surface area (Å²) >= 11 is 6.02. The Balaban J connectivity index is 3.02. The van der Waals surface area contributed by atoms with Gasteiger partial charge in [0.15, 0.2) is 0 Å². The van der Waals surface area contributed by atoms with Crippen LogP contribution < -0.4 is 0 Å². The molecule has 0 aliphatic heterocycles. The Labute approximate surface area is 101 Å². The van der Waals surface area contributed by atoms with E-state index >= 15 is 0 Å². The van der Waals surface area contributed by atoms with Gasteiger partial charge in [-0.15, -0.1) is 0 Å². The van der Waals surface area contributed by atoms with Crippen molar-refractivity contribution in [2.75, 3.05) is 7.11 Å². The van der Waals surface area contributed by atoms with E-state index < -0.39 is 0 Å². The quantitative estimate of drug-likeness (QED) is 0.591. The number of methoxy groups -OCH3 is 1. The molecule has 0 aliphatic rings. The molecule has 0 fully saturated rings. The van der Waals surface area contributed by atoms with Gasteiger partial charge in [-0.3, -0.25) is 0 Å². The SMILES string of the molecule is CCC/C(=C\c1ccccc1Cl)C(=O)OC. The molecule has 86 valence electrons. The van der Waals surface area contributed by atoms with Gasteiger partial charge < -0.3 is 4.74 Å². The molecule has 0 heterocycles. The van der Waals surface area contributed by atoms with Crippen LogP contribution in [0.3, 0.4) is 0 Å². The summed E-state index contributed by atoms with van der Waals surface area (Å²) in [6.07, 6.45) is 3.38. The van der Waals surface area contributed by atoms with E-state index in [9.17, 15) is 4.79 Å². The predicted octanol–water partition coefficient (Wildman–Crippen LogP) is 3.70. The molecule has 0 spiro atoms. The van der Waals surface area contributed by atoms with E-state index in [2.05, 4.69) is 0 Å². The van der Waals surface area contributed by atoms with Gasteiger partial charge in [-0.25, -0.2) is 4.79 Å². The van der Waals surface area contributed by atoms with Gasteiger partial charge in [-0.05, 0) is 24.1 Å². The maximum absolute atomic E-state index is 11.5. The van der Waals surface area contributed by atoms with Gasteiger partial charge in [0.05, 0.1) is 7.11 Å². The largest absolute Gasteiger partial charge is 0.466 e. The summed E-state index contributed by atoms with van der Waals surface area (Å²) in [7, 11) is 1.39. The highest BCUT2D eigenvalue weighted by atomic mass is 35.5. The first kappa shape index (κ1) is 12.8. The van der Waals surface area contributed by atoms with Crippen molar-refractivity contribution in [3.05, 3.63) is 40.4 Å². The molecule has 0 bridgehead atoms. The Kier molecular flexibility index (Phi) is 5.06. The molecule has 0 saturated carbocycles. The number of benzene rings is 1. The molecule has 1 aromatic carbocycles. The third kappa shape index (κ3) is 3.38. The van der Waals surface area contributed by atoms with Gasteiger partial charge in [-0.1, -0.05) is 43.1 Å². The van der Waals surface area contributed by atoms with Crippen LogP contribution in [-0.2, 0) is 9.53 Å². The Bertz CT molecular complexity index is 397. The summed E-state index contributed by atoms with van der Waals surface area (Å²) in [4.78, 5) is 11.5. The first-order valence-corrected chi connectivity index (χ1v) is 5.60. The number of hydrogen-bond donors (Lipinski definition) is 0. The monoisotopic (exact) mass is 238 g/mol.